The molecule has 2 rings (SSSR count). The molecule has 2 aromatic carbocycles. The second-order valence-electron chi connectivity index (χ2n) is 10.7. The normalized spacial score (nSPS) is 13.7. The van der Waals surface area contributed by atoms with Gasteiger partial charge in [0, 0.05) is 9.86 Å². The van der Waals surface area contributed by atoms with Crippen LogP contribution in [0.5, 0.6) is 11.5 Å². The molecule has 0 fully saturated rings. The molecule has 0 aliphatic rings. The zero-order valence-electron chi connectivity index (χ0n) is 19.1. The number of fused-ring (bicyclic) bond motifs is 1. The monoisotopic (exact) mass is 481 g/mol. The van der Waals surface area contributed by atoms with Gasteiger partial charge in [-0.2, -0.15) is 0 Å². The van der Waals surface area contributed by atoms with Gasteiger partial charge in [-0.15, -0.1) is 0 Å². The van der Waals surface area contributed by atoms with E-state index in [0.29, 0.717) is 5.69 Å². The average Bonchev–Trinajstić information content (AvgIpc) is 2.49. The lowest BCUT2D eigenvalue weighted by atomic mass is 10.1. The third kappa shape index (κ3) is 4.60. The lowest BCUT2D eigenvalue weighted by Crippen LogP contribution is -2.44. The van der Waals surface area contributed by atoms with Crippen LogP contribution in [0.2, 0.25) is 36.3 Å². The van der Waals surface area contributed by atoms with Crippen molar-refractivity contribution < 1.29 is 8.85 Å². The average molecular weight is 483 g/mol. The predicted molar refractivity (Wildman–Crippen MR) is 132 cm³/mol. The molecule has 0 aromatic heterocycles. The second kappa shape index (κ2) is 7.36. The van der Waals surface area contributed by atoms with Gasteiger partial charge in [0.2, 0.25) is 8.32 Å². The first-order chi connectivity index (χ1) is 12.5. The topological polar surface area (TPSA) is 44.5 Å². The van der Waals surface area contributed by atoms with Crippen LogP contribution in [0.3, 0.4) is 0 Å². The summed E-state index contributed by atoms with van der Waals surface area (Å²) >= 11 is 3.71. The fourth-order valence-corrected chi connectivity index (χ4v) is 4.98. The molecule has 3 nitrogen and oxygen atoms in total. The maximum absolute atomic E-state index is 6.59. The number of anilines is 1. The van der Waals surface area contributed by atoms with Crippen molar-refractivity contribution in [2.45, 2.75) is 77.8 Å². The Morgan fingerprint density at radius 1 is 0.786 bits per heavy atom. The van der Waals surface area contributed by atoms with Gasteiger partial charge in [-0.1, -0.05) is 57.5 Å². The van der Waals surface area contributed by atoms with E-state index in [9.17, 15) is 0 Å². The van der Waals surface area contributed by atoms with Gasteiger partial charge in [0.1, 0.15) is 11.5 Å². The molecule has 6 heteroatoms. The Balaban J connectivity index is 2.54. The first kappa shape index (κ1) is 23.3. The van der Waals surface area contributed by atoms with Crippen molar-refractivity contribution in [1.82, 2.24) is 0 Å². The zero-order chi connectivity index (χ0) is 21.7. The minimum atomic E-state index is -1.99. The van der Waals surface area contributed by atoms with Gasteiger partial charge in [-0.05, 0) is 65.9 Å². The van der Waals surface area contributed by atoms with Gasteiger partial charge in [-0.25, -0.2) is 0 Å². The minimum Gasteiger partial charge on any atom is -0.543 e. The molecule has 2 N–H and O–H groups in total. The van der Waals surface area contributed by atoms with E-state index in [1.165, 1.54) is 0 Å². The van der Waals surface area contributed by atoms with E-state index in [1.54, 1.807) is 0 Å². The second-order valence-corrected chi connectivity index (χ2v) is 21.0. The number of nitrogen functional groups attached to an aromatic ring is 1. The molecule has 0 amide bonds. The summed E-state index contributed by atoms with van der Waals surface area (Å²) in [5, 5.41) is 2.29. The van der Waals surface area contributed by atoms with Crippen molar-refractivity contribution in [2.24, 2.45) is 0 Å². The van der Waals surface area contributed by atoms with E-state index in [0.717, 1.165) is 26.7 Å². The Bertz CT molecular complexity index is 881. The van der Waals surface area contributed by atoms with Gasteiger partial charge < -0.3 is 14.6 Å². The summed E-state index contributed by atoms with van der Waals surface area (Å²) in [6.07, 6.45) is 0. The molecule has 0 radical (unpaired) electrons. The van der Waals surface area contributed by atoms with Crippen molar-refractivity contribution in [3.8, 4) is 11.5 Å². The molecule has 0 aliphatic heterocycles. The molecule has 0 atom stereocenters. The van der Waals surface area contributed by atoms with Gasteiger partial charge in [0.25, 0.3) is 8.32 Å². The zero-order valence-corrected chi connectivity index (χ0v) is 22.7. The first-order valence-corrected chi connectivity index (χ1v) is 16.5. The highest BCUT2D eigenvalue weighted by Crippen LogP contribution is 2.44. The van der Waals surface area contributed by atoms with Crippen LogP contribution in [0.25, 0.3) is 10.8 Å². The Morgan fingerprint density at radius 2 is 1.29 bits per heavy atom. The summed E-state index contributed by atoms with van der Waals surface area (Å²) in [6.45, 7) is 22.4. The maximum atomic E-state index is 6.59. The molecule has 0 bridgehead atoms. The highest BCUT2D eigenvalue weighted by Gasteiger charge is 2.40. The summed E-state index contributed by atoms with van der Waals surface area (Å²) in [5.41, 5.74) is 7.27. The van der Waals surface area contributed by atoms with Crippen LogP contribution in [0.15, 0.2) is 28.7 Å². The molecule has 0 spiro atoms. The standard InChI is InChI=1S/C22H36BrNO2Si2/c1-21(2,3)27(7,8)25-15-11-12-16-17(13-15)20(24)19(14-18(16)23)26-28(9,10)22(4,5)6/h11-14H,24H2,1-10H3. The van der Waals surface area contributed by atoms with Crippen LogP contribution in [-0.4, -0.2) is 16.6 Å². The molecule has 0 unspecified atom stereocenters. The van der Waals surface area contributed by atoms with E-state index >= 15 is 0 Å². The van der Waals surface area contributed by atoms with Gasteiger partial charge in [0.05, 0.1) is 5.69 Å². The Hall–Kier alpha value is -0.986. The lowest BCUT2D eigenvalue weighted by Gasteiger charge is -2.37. The number of hydrogen-bond acceptors (Lipinski definition) is 3. The number of halogens is 1. The van der Waals surface area contributed by atoms with E-state index in [2.05, 4.69) is 95.8 Å². The van der Waals surface area contributed by atoms with Crippen LogP contribution < -0.4 is 14.6 Å². The third-order valence-electron chi connectivity index (χ3n) is 6.41. The van der Waals surface area contributed by atoms with Crippen LogP contribution in [0.4, 0.5) is 5.69 Å². The lowest BCUT2D eigenvalue weighted by molar-refractivity contribution is 0.492. The third-order valence-corrected chi connectivity index (χ3v) is 15.8. The summed E-state index contributed by atoms with van der Waals surface area (Å²) in [7, 11) is -3.91. The fourth-order valence-electron chi connectivity index (χ4n) is 2.38. The van der Waals surface area contributed by atoms with E-state index in [-0.39, 0.29) is 10.1 Å². The summed E-state index contributed by atoms with van der Waals surface area (Å²) in [4.78, 5) is 0. The van der Waals surface area contributed by atoms with Crippen molar-refractivity contribution in [1.29, 1.82) is 0 Å². The van der Waals surface area contributed by atoms with Gasteiger partial charge in [0.15, 0.2) is 0 Å². The highest BCUT2D eigenvalue weighted by molar-refractivity contribution is 9.10. The Labute approximate surface area is 181 Å². The number of hydrogen-bond donors (Lipinski definition) is 1. The molecule has 0 heterocycles. The van der Waals surface area contributed by atoms with Crippen molar-refractivity contribution in [3.63, 3.8) is 0 Å². The van der Waals surface area contributed by atoms with Crippen LogP contribution in [-0.2, 0) is 0 Å². The molecule has 0 aliphatic carbocycles. The molecule has 156 valence electrons. The fraction of sp³-hybridized carbons (Fsp3) is 0.545. The molecular weight excluding hydrogens is 446 g/mol. The minimum absolute atomic E-state index is 0.105. The smallest absolute Gasteiger partial charge is 0.250 e. The quantitative estimate of drug-likeness (QED) is 0.355. The van der Waals surface area contributed by atoms with E-state index < -0.39 is 16.6 Å². The van der Waals surface area contributed by atoms with Crippen LogP contribution >= 0.6 is 15.9 Å². The summed E-state index contributed by atoms with van der Waals surface area (Å²) in [6, 6.07) is 8.19. The van der Waals surface area contributed by atoms with Crippen LogP contribution in [0.1, 0.15) is 41.5 Å². The Kier molecular flexibility index (Phi) is 6.13. The number of benzene rings is 2. The van der Waals surface area contributed by atoms with Gasteiger partial charge in [-0.3, -0.25) is 0 Å². The first-order valence-electron chi connectivity index (χ1n) is 9.86. The van der Waals surface area contributed by atoms with Crippen molar-refractivity contribution in [3.05, 3.63) is 28.7 Å². The SMILES string of the molecule is CC(C)(C)[Si](C)(C)Oc1ccc2c(Br)cc(O[Si](C)(C)C(C)(C)C)c(N)c2c1. The summed E-state index contributed by atoms with van der Waals surface area (Å²) < 4.78 is 14.0. The number of rotatable bonds is 4. The Morgan fingerprint density at radius 3 is 1.79 bits per heavy atom. The van der Waals surface area contributed by atoms with Crippen LogP contribution in [0, 0.1) is 0 Å². The van der Waals surface area contributed by atoms with E-state index in [4.69, 9.17) is 14.6 Å². The largest absolute Gasteiger partial charge is 0.543 e. The maximum Gasteiger partial charge on any atom is 0.250 e. The van der Waals surface area contributed by atoms with E-state index in [1.807, 2.05) is 12.1 Å². The molecular formula is C22H36BrNO2Si2. The summed E-state index contributed by atoms with van der Waals surface area (Å²) in [5.74, 6) is 1.64. The number of nitrogens with two attached hydrogens (primary N) is 1. The van der Waals surface area contributed by atoms with Gasteiger partial charge >= 0.3 is 0 Å². The highest BCUT2D eigenvalue weighted by atomic mass is 79.9. The molecule has 2 aromatic rings. The van der Waals surface area contributed by atoms with Crippen molar-refractivity contribution in [2.75, 3.05) is 5.73 Å². The predicted octanol–water partition coefficient (Wildman–Crippen LogP) is 7.95. The van der Waals surface area contributed by atoms with Crippen molar-refractivity contribution >= 4 is 49.0 Å². The molecule has 0 saturated heterocycles. The molecule has 0 saturated carbocycles. The molecule has 28 heavy (non-hydrogen) atoms.